The summed E-state index contributed by atoms with van der Waals surface area (Å²) in [5.41, 5.74) is 7.74. The number of nitrogen functional groups attached to an aromatic ring is 1. The van der Waals surface area contributed by atoms with E-state index in [1.165, 1.54) is 5.56 Å². The van der Waals surface area contributed by atoms with Crippen LogP contribution in [0.2, 0.25) is 0 Å². The zero-order valence-electron chi connectivity index (χ0n) is 8.40. The van der Waals surface area contributed by atoms with Crippen LogP contribution in [0.5, 0.6) is 0 Å². The van der Waals surface area contributed by atoms with E-state index in [0.717, 1.165) is 18.8 Å². The molecule has 0 bridgehead atoms. The second-order valence-electron chi connectivity index (χ2n) is 3.38. The van der Waals surface area contributed by atoms with Gasteiger partial charge in [0, 0.05) is 13.1 Å². The van der Waals surface area contributed by atoms with Crippen LogP contribution >= 0.6 is 0 Å². The third kappa shape index (κ3) is 2.82. The predicted molar refractivity (Wildman–Crippen MR) is 60.0 cm³/mol. The molecule has 4 nitrogen and oxygen atoms in total. The largest absolute Gasteiger partial charge is 0.369 e. The number of nitrogens with one attached hydrogen (secondary N) is 2. The monoisotopic (exact) mass is 202 g/mol. The maximum atomic E-state index is 5.47. The van der Waals surface area contributed by atoms with Crippen molar-refractivity contribution in [3.8, 4) is 0 Å². The fourth-order valence-electron chi connectivity index (χ4n) is 1.40. The van der Waals surface area contributed by atoms with Crippen molar-refractivity contribution in [2.45, 2.75) is 13.1 Å². The van der Waals surface area contributed by atoms with Gasteiger partial charge in [-0.25, -0.2) is 4.98 Å². The Labute approximate surface area is 88.5 Å². The second-order valence-corrected chi connectivity index (χ2v) is 3.38. The highest BCUT2D eigenvalue weighted by molar-refractivity contribution is 5.18. The molecule has 1 aromatic heterocycles. The van der Waals surface area contributed by atoms with Crippen molar-refractivity contribution < 1.29 is 0 Å². The average molecular weight is 202 g/mol. The first kappa shape index (κ1) is 9.73. The van der Waals surface area contributed by atoms with Crippen molar-refractivity contribution in [3.05, 3.63) is 47.8 Å². The molecule has 2 aromatic rings. The molecule has 4 N–H and O–H groups in total. The van der Waals surface area contributed by atoms with Gasteiger partial charge in [-0.1, -0.05) is 30.3 Å². The summed E-state index contributed by atoms with van der Waals surface area (Å²) in [5.74, 6) is 0.464. The third-order valence-corrected chi connectivity index (χ3v) is 2.14. The number of aromatic nitrogens is 2. The van der Waals surface area contributed by atoms with Crippen LogP contribution in [0.3, 0.4) is 0 Å². The van der Waals surface area contributed by atoms with Gasteiger partial charge in [0.15, 0.2) is 5.95 Å². The van der Waals surface area contributed by atoms with Crippen LogP contribution in [-0.4, -0.2) is 9.97 Å². The molecule has 0 amide bonds. The molecule has 4 heteroatoms. The van der Waals surface area contributed by atoms with Crippen LogP contribution in [0.4, 0.5) is 5.95 Å². The van der Waals surface area contributed by atoms with E-state index in [4.69, 9.17) is 5.73 Å². The summed E-state index contributed by atoms with van der Waals surface area (Å²) >= 11 is 0. The van der Waals surface area contributed by atoms with Crippen molar-refractivity contribution in [2.24, 2.45) is 0 Å². The summed E-state index contributed by atoms with van der Waals surface area (Å²) in [5, 5.41) is 3.30. The van der Waals surface area contributed by atoms with Crippen molar-refractivity contribution in [2.75, 3.05) is 5.73 Å². The van der Waals surface area contributed by atoms with Gasteiger partial charge in [0.25, 0.3) is 0 Å². The van der Waals surface area contributed by atoms with Crippen LogP contribution in [0.15, 0.2) is 36.5 Å². The molecule has 0 unspecified atom stereocenters. The Bertz CT molecular complexity index is 408. The Morgan fingerprint density at radius 2 is 2.00 bits per heavy atom. The molecule has 0 saturated heterocycles. The molecule has 0 atom stereocenters. The quantitative estimate of drug-likeness (QED) is 0.699. The smallest absolute Gasteiger partial charge is 0.197 e. The topological polar surface area (TPSA) is 66.7 Å². The van der Waals surface area contributed by atoms with Gasteiger partial charge < -0.3 is 16.0 Å². The van der Waals surface area contributed by atoms with Gasteiger partial charge in [0.2, 0.25) is 0 Å². The molecule has 15 heavy (non-hydrogen) atoms. The number of rotatable bonds is 4. The average Bonchev–Trinajstić information content (AvgIpc) is 2.66. The number of hydrogen-bond donors (Lipinski definition) is 3. The Morgan fingerprint density at radius 3 is 2.67 bits per heavy atom. The first-order valence-corrected chi connectivity index (χ1v) is 4.88. The van der Waals surface area contributed by atoms with Gasteiger partial charge in [-0.2, -0.15) is 0 Å². The molecule has 0 aliphatic heterocycles. The SMILES string of the molecule is Nc1ncc(CNCc2ccccc2)[nH]1. The van der Waals surface area contributed by atoms with Gasteiger partial charge in [-0.15, -0.1) is 0 Å². The predicted octanol–water partition coefficient (Wildman–Crippen LogP) is 1.28. The van der Waals surface area contributed by atoms with Gasteiger partial charge in [0.05, 0.1) is 11.9 Å². The van der Waals surface area contributed by atoms with Crippen LogP contribution in [0.25, 0.3) is 0 Å². The van der Waals surface area contributed by atoms with Crippen molar-refractivity contribution >= 4 is 5.95 Å². The van der Waals surface area contributed by atoms with Crippen LogP contribution in [-0.2, 0) is 13.1 Å². The standard InChI is InChI=1S/C11H14N4/c12-11-14-8-10(15-11)7-13-6-9-4-2-1-3-5-9/h1-5,8,13H,6-7H2,(H3,12,14,15). The fraction of sp³-hybridized carbons (Fsp3) is 0.182. The number of benzene rings is 1. The van der Waals surface area contributed by atoms with E-state index in [1.54, 1.807) is 6.20 Å². The van der Waals surface area contributed by atoms with Gasteiger partial charge in [-0.3, -0.25) is 0 Å². The lowest BCUT2D eigenvalue weighted by atomic mass is 10.2. The molecule has 78 valence electrons. The highest BCUT2D eigenvalue weighted by Crippen LogP contribution is 2.00. The number of hydrogen-bond acceptors (Lipinski definition) is 3. The van der Waals surface area contributed by atoms with E-state index < -0.39 is 0 Å². The Kier molecular flexibility index (Phi) is 2.99. The number of aromatic amines is 1. The molecular formula is C11H14N4. The van der Waals surface area contributed by atoms with E-state index in [9.17, 15) is 0 Å². The molecule has 1 heterocycles. The number of imidazole rings is 1. The van der Waals surface area contributed by atoms with Gasteiger partial charge >= 0.3 is 0 Å². The van der Waals surface area contributed by atoms with Crippen molar-refractivity contribution in [1.82, 2.24) is 15.3 Å². The van der Waals surface area contributed by atoms with Crippen LogP contribution in [0, 0.1) is 0 Å². The number of nitrogens with zero attached hydrogens (tertiary/aromatic N) is 1. The van der Waals surface area contributed by atoms with Crippen LogP contribution in [0.1, 0.15) is 11.3 Å². The normalized spacial score (nSPS) is 10.4. The number of H-pyrrole nitrogens is 1. The molecular weight excluding hydrogens is 188 g/mol. The molecule has 2 rings (SSSR count). The van der Waals surface area contributed by atoms with E-state index in [0.29, 0.717) is 5.95 Å². The molecule has 0 radical (unpaired) electrons. The first-order valence-electron chi connectivity index (χ1n) is 4.88. The first-order chi connectivity index (χ1) is 7.34. The molecule has 0 aliphatic carbocycles. The summed E-state index contributed by atoms with van der Waals surface area (Å²) in [4.78, 5) is 6.89. The maximum absolute atomic E-state index is 5.47. The number of nitrogens with two attached hydrogens (primary N) is 1. The highest BCUT2D eigenvalue weighted by Gasteiger charge is 1.96. The van der Waals surface area contributed by atoms with E-state index in [-0.39, 0.29) is 0 Å². The zero-order valence-corrected chi connectivity index (χ0v) is 8.40. The summed E-state index contributed by atoms with van der Waals surface area (Å²) in [7, 11) is 0. The van der Waals surface area contributed by atoms with E-state index >= 15 is 0 Å². The highest BCUT2D eigenvalue weighted by atomic mass is 15.0. The Balaban J connectivity index is 1.80. The molecule has 1 aromatic carbocycles. The van der Waals surface area contributed by atoms with E-state index in [2.05, 4.69) is 27.4 Å². The minimum absolute atomic E-state index is 0.464. The fourth-order valence-corrected chi connectivity index (χ4v) is 1.40. The summed E-state index contributed by atoms with van der Waals surface area (Å²) in [6, 6.07) is 10.3. The Morgan fingerprint density at radius 1 is 1.20 bits per heavy atom. The minimum Gasteiger partial charge on any atom is -0.369 e. The molecule has 0 aliphatic rings. The maximum Gasteiger partial charge on any atom is 0.197 e. The Hall–Kier alpha value is -1.81. The number of anilines is 1. The third-order valence-electron chi connectivity index (χ3n) is 2.14. The van der Waals surface area contributed by atoms with Gasteiger partial charge in [0.1, 0.15) is 0 Å². The van der Waals surface area contributed by atoms with Crippen LogP contribution < -0.4 is 11.1 Å². The zero-order chi connectivity index (χ0) is 10.5. The van der Waals surface area contributed by atoms with Crippen molar-refractivity contribution in [1.29, 1.82) is 0 Å². The van der Waals surface area contributed by atoms with Gasteiger partial charge in [-0.05, 0) is 5.56 Å². The summed E-state index contributed by atoms with van der Waals surface area (Å²) < 4.78 is 0. The molecule has 0 saturated carbocycles. The lowest BCUT2D eigenvalue weighted by Crippen LogP contribution is -2.12. The van der Waals surface area contributed by atoms with Crippen molar-refractivity contribution in [3.63, 3.8) is 0 Å². The lowest BCUT2D eigenvalue weighted by Gasteiger charge is -2.02. The molecule has 0 fully saturated rings. The molecule has 0 spiro atoms. The van der Waals surface area contributed by atoms with E-state index in [1.807, 2.05) is 18.2 Å². The lowest BCUT2D eigenvalue weighted by molar-refractivity contribution is 0.683. The summed E-state index contributed by atoms with van der Waals surface area (Å²) in [6.45, 7) is 1.60. The summed E-state index contributed by atoms with van der Waals surface area (Å²) in [6.07, 6.45) is 1.74. The second kappa shape index (κ2) is 4.61. The minimum atomic E-state index is 0.464.